The third-order valence-electron chi connectivity index (χ3n) is 6.21. The predicted octanol–water partition coefficient (Wildman–Crippen LogP) is 3.92. The molecule has 3 aromatic rings. The Kier molecular flexibility index (Phi) is 9.57. The molecule has 9 nitrogen and oxygen atoms in total. The van der Waals surface area contributed by atoms with Crippen molar-refractivity contribution in [3.8, 4) is 22.9 Å². The van der Waals surface area contributed by atoms with Crippen LogP contribution in [0.4, 0.5) is 11.6 Å². The molecule has 4 heterocycles. The van der Waals surface area contributed by atoms with Crippen LogP contribution in [0.2, 0.25) is 0 Å². The van der Waals surface area contributed by atoms with Crippen LogP contribution in [0.25, 0.3) is 11.3 Å². The van der Waals surface area contributed by atoms with E-state index in [9.17, 15) is 0 Å². The molecule has 1 aliphatic rings. The van der Waals surface area contributed by atoms with Gasteiger partial charge in [-0.1, -0.05) is 6.92 Å². The van der Waals surface area contributed by atoms with Crippen LogP contribution >= 0.6 is 11.8 Å². The summed E-state index contributed by atoms with van der Waals surface area (Å²) < 4.78 is 11.7. The highest BCUT2D eigenvalue weighted by Crippen LogP contribution is 2.41. The standard InChI is InChI=1S/C26H35N7O2S/c1-4-20(21-7-8-29-26-25(21)34-11-12-35-26)19(16-36-3)15-31-24-13-22(32-17-33-24)18-5-6-23(30-14-18)28-10-9-27-2/h5-8,13-14,17,19-20,27H,4,9-12,15-16H2,1-3H3,(H,28,30)(H,31,32,33). The fraction of sp³-hybridized carbons (Fsp3) is 0.462. The van der Waals surface area contributed by atoms with Crippen LogP contribution in [0, 0.1) is 5.92 Å². The number of nitrogens with one attached hydrogen (secondary N) is 3. The SMILES string of the molecule is CCC(c1ccnc2c1OCCO2)C(CNc1cc(-c2ccc(NCCNC)nc2)ncn1)CSC. The minimum Gasteiger partial charge on any atom is -0.484 e. The van der Waals surface area contributed by atoms with E-state index in [2.05, 4.69) is 55.1 Å². The highest BCUT2D eigenvalue weighted by Gasteiger charge is 2.28. The number of fused-ring (bicyclic) bond motifs is 1. The number of likely N-dealkylation sites (N-methyl/N-ethyl adjacent to an activating group) is 1. The normalized spacial score (nSPS) is 14.2. The molecule has 0 spiro atoms. The molecule has 0 bridgehead atoms. The van der Waals surface area contributed by atoms with Gasteiger partial charge in [-0.3, -0.25) is 0 Å². The second kappa shape index (κ2) is 13.3. The molecule has 0 fully saturated rings. The summed E-state index contributed by atoms with van der Waals surface area (Å²) in [4.78, 5) is 17.8. The maximum absolute atomic E-state index is 5.98. The van der Waals surface area contributed by atoms with E-state index in [1.807, 2.05) is 49.4 Å². The van der Waals surface area contributed by atoms with Gasteiger partial charge in [-0.05, 0) is 55.5 Å². The lowest BCUT2D eigenvalue weighted by Gasteiger charge is -2.29. The molecule has 1 aliphatic heterocycles. The first kappa shape index (κ1) is 26.0. The summed E-state index contributed by atoms with van der Waals surface area (Å²) in [7, 11) is 1.93. The van der Waals surface area contributed by atoms with E-state index in [1.165, 1.54) is 5.56 Å². The molecule has 0 radical (unpaired) electrons. The number of aromatic nitrogens is 4. The van der Waals surface area contributed by atoms with Crippen LogP contribution in [0.1, 0.15) is 24.8 Å². The molecule has 0 aromatic carbocycles. The summed E-state index contributed by atoms with van der Waals surface area (Å²) in [6, 6.07) is 8.05. The van der Waals surface area contributed by atoms with Crippen LogP contribution < -0.4 is 25.4 Å². The van der Waals surface area contributed by atoms with E-state index in [1.54, 1.807) is 6.33 Å². The lowest BCUT2D eigenvalue weighted by atomic mass is 9.84. The molecule has 10 heteroatoms. The van der Waals surface area contributed by atoms with E-state index in [4.69, 9.17) is 9.47 Å². The average Bonchev–Trinajstić information content (AvgIpc) is 2.93. The molecule has 3 N–H and O–H groups in total. The summed E-state index contributed by atoms with van der Waals surface area (Å²) in [6.07, 6.45) is 8.39. The van der Waals surface area contributed by atoms with Gasteiger partial charge >= 0.3 is 0 Å². The first-order chi connectivity index (χ1) is 17.7. The zero-order valence-electron chi connectivity index (χ0n) is 21.2. The van der Waals surface area contributed by atoms with Gasteiger partial charge in [0.05, 0.1) is 5.69 Å². The van der Waals surface area contributed by atoms with Gasteiger partial charge < -0.3 is 25.4 Å². The number of nitrogens with zero attached hydrogens (tertiary/aromatic N) is 4. The number of ether oxygens (including phenoxy) is 2. The van der Waals surface area contributed by atoms with Gasteiger partial charge in [-0.25, -0.2) is 19.9 Å². The Morgan fingerprint density at radius 3 is 2.67 bits per heavy atom. The second-order valence-electron chi connectivity index (χ2n) is 8.59. The molecular formula is C26H35N7O2S. The van der Waals surface area contributed by atoms with Crippen LogP contribution in [0.15, 0.2) is 43.0 Å². The third kappa shape index (κ3) is 6.55. The molecule has 0 amide bonds. The van der Waals surface area contributed by atoms with Crippen LogP contribution in [-0.4, -0.2) is 71.8 Å². The lowest BCUT2D eigenvalue weighted by molar-refractivity contribution is 0.161. The molecule has 36 heavy (non-hydrogen) atoms. The van der Waals surface area contributed by atoms with E-state index in [0.29, 0.717) is 30.9 Å². The molecule has 2 atom stereocenters. The average molecular weight is 510 g/mol. The van der Waals surface area contributed by atoms with Crippen molar-refractivity contribution >= 4 is 23.4 Å². The summed E-state index contributed by atoms with van der Waals surface area (Å²) in [5.74, 6) is 4.72. The molecule has 192 valence electrons. The maximum Gasteiger partial charge on any atom is 0.257 e. The van der Waals surface area contributed by atoms with Crippen LogP contribution in [0.5, 0.6) is 11.6 Å². The summed E-state index contributed by atoms with van der Waals surface area (Å²) >= 11 is 1.85. The number of rotatable bonds is 13. The minimum absolute atomic E-state index is 0.303. The Bertz CT molecular complexity index is 1100. The van der Waals surface area contributed by atoms with Crippen molar-refractivity contribution in [2.75, 3.05) is 62.5 Å². The van der Waals surface area contributed by atoms with E-state index >= 15 is 0 Å². The highest BCUT2D eigenvalue weighted by molar-refractivity contribution is 7.98. The van der Waals surface area contributed by atoms with Crippen molar-refractivity contribution in [3.05, 3.63) is 48.5 Å². The molecule has 0 saturated heterocycles. The Balaban J connectivity index is 1.46. The van der Waals surface area contributed by atoms with Crippen molar-refractivity contribution in [3.63, 3.8) is 0 Å². The van der Waals surface area contributed by atoms with Crippen molar-refractivity contribution in [1.82, 2.24) is 25.3 Å². The van der Waals surface area contributed by atoms with Crippen molar-refractivity contribution in [2.45, 2.75) is 19.3 Å². The number of thioether (sulfide) groups is 1. The maximum atomic E-state index is 5.98. The summed E-state index contributed by atoms with van der Waals surface area (Å²) in [5.41, 5.74) is 2.96. The fourth-order valence-electron chi connectivity index (χ4n) is 4.42. The molecule has 0 aliphatic carbocycles. The molecule has 4 rings (SSSR count). The van der Waals surface area contributed by atoms with Gasteiger partial charge in [0.2, 0.25) is 0 Å². The van der Waals surface area contributed by atoms with E-state index < -0.39 is 0 Å². The zero-order chi connectivity index (χ0) is 25.2. The van der Waals surface area contributed by atoms with E-state index in [0.717, 1.165) is 60.5 Å². The lowest BCUT2D eigenvalue weighted by Crippen LogP contribution is -2.26. The highest BCUT2D eigenvalue weighted by atomic mass is 32.2. The number of pyridine rings is 2. The van der Waals surface area contributed by atoms with Gasteiger partial charge in [0.25, 0.3) is 5.88 Å². The fourth-order valence-corrected chi connectivity index (χ4v) is 5.19. The monoisotopic (exact) mass is 509 g/mol. The van der Waals surface area contributed by atoms with Crippen molar-refractivity contribution in [1.29, 1.82) is 0 Å². The Morgan fingerprint density at radius 2 is 1.89 bits per heavy atom. The first-order valence-corrected chi connectivity index (χ1v) is 13.8. The van der Waals surface area contributed by atoms with Crippen LogP contribution in [0.3, 0.4) is 0 Å². The predicted molar refractivity (Wildman–Crippen MR) is 146 cm³/mol. The van der Waals surface area contributed by atoms with Gasteiger partial charge in [-0.2, -0.15) is 11.8 Å². The molecular weight excluding hydrogens is 474 g/mol. The first-order valence-electron chi connectivity index (χ1n) is 12.4. The van der Waals surface area contributed by atoms with Gasteiger partial charge in [0.1, 0.15) is 31.2 Å². The summed E-state index contributed by atoms with van der Waals surface area (Å²) in [5, 5.41) is 9.96. The molecule has 2 unspecified atom stereocenters. The van der Waals surface area contributed by atoms with Crippen LogP contribution in [-0.2, 0) is 0 Å². The quantitative estimate of drug-likeness (QED) is 0.294. The third-order valence-corrected chi connectivity index (χ3v) is 6.97. The van der Waals surface area contributed by atoms with Crippen molar-refractivity contribution in [2.24, 2.45) is 5.92 Å². The van der Waals surface area contributed by atoms with Crippen molar-refractivity contribution < 1.29 is 9.47 Å². The Hall–Kier alpha value is -3.11. The number of hydrogen-bond donors (Lipinski definition) is 3. The smallest absolute Gasteiger partial charge is 0.257 e. The van der Waals surface area contributed by atoms with Gasteiger partial charge in [0.15, 0.2) is 5.75 Å². The van der Waals surface area contributed by atoms with E-state index in [-0.39, 0.29) is 0 Å². The zero-order valence-corrected chi connectivity index (χ0v) is 22.0. The number of hydrogen-bond acceptors (Lipinski definition) is 10. The summed E-state index contributed by atoms with van der Waals surface area (Å²) in [6.45, 7) is 5.80. The molecule has 3 aromatic heterocycles. The molecule has 0 saturated carbocycles. The largest absolute Gasteiger partial charge is 0.484 e. The minimum atomic E-state index is 0.303. The van der Waals surface area contributed by atoms with Gasteiger partial charge in [0, 0.05) is 49.2 Å². The Morgan fingerprint density at radius 1 is 1.00 bits per heavy atom. The topological polar surface area (TPSA) is 106 Å². The Labute approximate surface area is 217 Å². The second-order valence-corrected chi connectivity index (χ2v) is 9.50. The van der Waals surface area contributed by atoms with Gasteiger partial charge in [-0.15, -0.1) is 0 Å². The number of anilines is 2.